The number of thiazole rings is 1. The number of nitrogens with zero attached hydrogens (tertiary/aromatic N) is 1. The topological polar surface area (TPSA) is 86.9 Å². The van der Waals surface area contributed by atoms with Gasteiger partial charge in [0, 0.05) is 18.2 Å². The summed E-state index contributed by atoms with van der Waals surface area (Å²) < 4.78 is 0.968. The first-order valence-corrected chi connectivity index (χ1v) is 12.0. The van der Waals surface area contributed by atoms with E-state index in [9.17, 15) is 9.59 Å². The fourth-order valence-electron chi connectivity index (χ4n) is 4.63. The largest absolute Gasteiger partial charge is 0.349 e. The van der Waals surface area contributed by atoms with Gasteiger partial charge in [0.05, 0.1) is 10.2 Å². The lowest BCUT2D eigenvalue weighted by Gasteiger charge is -2.25. The molecule has 0 aliphatic heterocycles. The van der Waals surface area contributed by atoms with E-state index < -0.39 is 0 Å². The summed E-state index contributed by atoms with van der Waals surface area (Å²) in [7, 11) is 0. The molecule has 6 nitrogen and oxygen atoms in total. The average molecular weight is 437 g/mol. The van der Waals surface area contributed by atoms with Gasteiger partial charge in [0.25, 0.3) is 11.8 Å². The predicted octanol–water partition coefficient (Wildman–Crippen LogP) is 4.39. The van der Waals surface area contributed by atoms with Gasteiger partial charge in [-0.15, -0.1) is 11.3 Å². The summed E-state index contributed by atoms with van der Waals surface area (Å²) >= 11 is 1.50. The van der Waals surface area contributed by atoms with E-state index in [1.807, 2.05) is 24.3 Å². The molecule has 3 N–H and O–H groups in total. The van der Waals surface area contributed by atoms with Crippen molar-refractivity contribution < 1.29 is 9.59 Å². The number of hydrogen-bond donors (Lipinski definition) is 3. The Kier molecular flexibility index (Phi) is 5.30. The molecule has 0 saturated heterocycles. The van der Waals surface area contributed by atoms with Gasteiger partial charge in [0.15, 0.2) is 0 Å². The van der Waals surface area contributed by atoms with Crippen LogP contribution in [0.25, 0.3) is 10.3 Å². The Bertz CT molecular complexity index is 1080. The number of nitrogens with one attached hydrogen (secondary N) is 3. The molecule has 2 amide bonds. The summed E-state index contributed by atoms with van der Waals surface area (Å²) in [4.78, 5) is 33.0. The average Bonchev–Trinajstić information content (AvgIpc) is 3.19. The van der Waals surface area contributed by atoms with Gasteiger partial charge < -0.3 is 15.6 Å². The predicted molar refractivity (Wildman–Crippen MR) is 123 cm³/mol. The minimum Gasteiger partial charge on any atom is -0.349 e. The van der Waals surface area contributed by atoms with Crippen LogP contribution in [0.4, 0.5) is 0 Å². The maximum Gasteiger partial charge on any atom is 0.267 e. The van der Waals surface area contributed by atoms with Gasteiger partial charge in [-0.25, -0.2) is 4.98 Å². The van der Waals surface area contributed by atoms with Gasteiger partial charge in [0.2, 0.25) is 0 Å². The summed E-state index contributed by atoms with van der Waals surface area (Å²) in [6, 6.07) is 9.77. The van der Waals surface area contributed by atoms with Crippen LogP contribution in [0.1, 0.15) is 71.9 Å². The second-order valence-corrected chi connectivity index (χ2v) is 10.1. The Hall–Kier alpha value is -2.67. The van der Waals surface area contributed by atoms with E-state index >= 15 is 0 Å². The molecule has 7 heteroatoms. The number of rotatable bonds is 7. The summed E-state index contributed by atoms with van der Waals surface area (Å²) in [6.07, 6.45) is 6.89. The second-order valence-electron chi connectivity index (χ2n) is 9.22. The zero-order valence-electron chi connectivity index (χ0n) is 17.7. The van der Waals surface area contributed by atoms with Crippen LogP contribution in [0, 0.1) is 5.92 Å². The lowest BCUT2D eigenvalue weighted by Crippen LogP contribution is -2.47. The van der Waals surface area contributed by atoms with Crippen molar-refractivity contribution in [3.8, 4) is 0 Å². The molecule has 2 aliphatic carbocycles. The summed E-state index contributed by atoms with van der Waals surface area (Å²) in [5.41, 5.74) is 5.18. The van der Waals surface area contributed by atoms with Crippen LogP contribution < -0.4 is 10.6 Å². The van der Waals surface area contributed by atoms with E-state index in [1.165, 1.54) is 42.6 Å². The first kappa shape index (κ1) is 20.2. The molecule has 0 bridgehead atoms. The molecule has 1 atom stereocenters. The van der Waals surface area contributed by atoms with Crippen LogP contribution in [0.3, 0.4) is 0 Å². The Balaban J connectivity index is 1.27. The number of fused-ring (bicyclic) bond motifs is 1. The van der Waals surface area contributed by atoms with Gasteiger partial charge in [-0.2, -0.15) is 0 Å². The minimum atomic E-state index is -0.161. The molecule has 162 valence electrons. The van der Waals surface area contributed by atoms with Crippen molar-refractivity contribution in [3.63, 3.8) is 0 Å². The highest BCUT2D eigenvalue weighted by atomic mass is 32.1. The zero-order chi connectivity index (χ0) is 21.4. The molecule has 0 radical (unpaired) electrons. The van der Waals surface area contributed by atoms with E-state index in [-0.39, 0.29) is 23.3 Å². The van der Waals surface area contributed by atoms with Crippen molar-refractivity contribution in [3.05, 3.63) is 52.7 Å². The van der Waals surface area contributed by atoms with Crippen molar-refractivity contribution in [1.29, 1.82) is 0 Å². The number of aromatic amines is 1. The lowest BCUT2D eigenvalue weighted by atomic mass is 9.95. The minimum absolute atomic E-state index is 0.0539. The van der Waals surface area contributed by atoms with E-state index in [0.717, 1.165) is 23.2 Å². The maximum atomic E-state index is 13.1. The third kappa shape index (κ3) is 4.24. The van der Waals surface area contributed by atoms with Crippen LogP contribution in [-0.4, -0.2) is 34.4 Å². The molecule has 2 aliphatic rings. The number of carbonyl (C=O) groups is 2. The molecule has 31 heavy (non-hydrogen) atoms. The second kappa shape index (κ2) is 8.11. The molecule has 3 aromatic rings. The third-order valence-corrected chi connectivity index (χ3v) is 7.73. The molecule has 0 spiro atoms. The van der Waals surface area contributed by atoms with E-state index in [0.29, 0.717) is 23.7 Å². The highest BCUT2D eigenvalue weighted by molar-refractivity contribution is 7.16. The molecular weight excluding hydrogens is 408 g/mol. The molecule has 2 aromatic heterocycles. The van der Waals surface area contributed by atoms with Crippen LogP contribution in [0.5, 0.6) is 0 Å². The monoisotopic (exact) mass is 436 g/mol. The van der Waals surface area contributed by atoms with Crippen LogP contribution in [0.2, 0.25) is 0 Å². The third-order valence-electron chi connectivity index (χ3n) is 6.96. The highest BCUT2D eigenvalue weighted by Crippen LogP contribution is 2.47. The summed E-state index contributed by atoms with van der Waals surface area (Å²) in [5, 5.41) is 6.25. The zero-order valence-corrected chi connectivity index (χ0v) is 18.6. The van der Waals surface area contributed by atoms with Gasteiger partial charge >= 0.3 is 0 Å². The normalized spacial score (nSPS) is 18.7. The van der Waals surface area contributed by atoms with E-state index in [1.54, 1.807) is 5.51 Å². The van der Waals surface area contributed by atoms with E-state index in [4.69, 9.17) is 0 Å². The molecule has 5 rings (SSSR count). The van der Waals surface area contributed by atoms with Gasteiger partial charge in [-0.05, 0) is 60.8 Å². The quantitative estimate of drug-likeness (QED) is 0.513. The van der Waals surface area contributed by atoms with Gasteiger partial charge in [0.1, 0.15) is 11.3 Å². The number of hydrogen-bond acceptors (Lipinski definition) is 4. The van der Waals surface area contributed by atoms with Crippen molar-refractivity contribution in [2.45, 2.75) is 56.9 Å². The number of H-pyrrole nitrogens is 1. The van der Waals surface area contributed by atoms with Gasteiger partial charge in [-0.3, -0.25) is 9.59 Å². The molecule has 2 saturated carbocycles. The summed E-state index contributed by atoms with van der Waals surface area (Å²) in [6.45, 7) is 2.67. The number of carbonyl (C=O) groups excluding carboxylic acids is 2. The standard InChI is InChI=1S/C24H28N4O2S/c1-24(9-10-24)17-8-4-7-16(11-17)22(29)28-19(15-5-2-3-6-15)13-25-23(30)18-12-20-21(27-18)26-14-31-20/h4,7-8,11-12,14-15,19,27H,2-3,5-6,9-10,13H2,1H3,(H,25,30)(H,28,29). The van der Waals surface area contributed by atoms with Crippen molar-refractivity contribution in [1.82, 2.24) is 20.6 Å². The molecular formula is C24H28N4O2S. The van der Waals surface area contributed by atoms with Crippen LogP contribution in [-0.2, 0) is 5.41 Å². The maximum absolute atomic E-state index is 13.1. The van der Waals surface area contributed by atoms with Crippen LogP contribution in [0.15, 0.2) is 35.8 Å². The molecule has 2 fully saturated rings. The first-order valence-electron chi connectivity index (χ1n) is 11.1. The molecule has 1 aromatic carbocycles. The van der Waals surface area contributed by atoms with Crippen molar-refractivity contribution in [2.24, 2.45) is 5.92 Å². The first-order chi connectivity index (χ1) is 15.0. The smallest absolute Gasteiger partial charge is 0.267 e. The summed E-state index contributed by atoms with van der Waals surface area (Å²) in [5.74, 6) is 0.176. The van der Waals surface area contributed by atoms with Gasteiger partial charge in [-0.1, -0.05) is 31.9 Å². The molecule has 2 heterocycles. The van der Waals surface area contributed by atoms with Crippen LogP contribution >= 0.6 is 11.3 Å². The SMILES string of the molecule is CC1(c2cccc(C(=O)NC(CNC(=O)c3cc4scnc4[nH]3)C3CCCC3)c2)CC1. The lowest BCUT2D eigenvalue weighted by molar-refractivity contribution is 0.0891. The number of aromatic nitrogens is 2. The highest BCUT2D eigenvalue weighted by Gasteiger charge is 2.39. The number of benzene rings is 1. The Labute approximate surface area is 185 Å². The Morgan fingerprint density at radius 3 is 2.77 bits per heavy atom. The van der Waals surface area contributed by atoms with Crippen molar-refractivity contribution >= 4 is 33.5 Å². The number of amides is 2. The fourth-order valence-corrected chi connectivity index (χ4v) is 5.30. The van der Waals surface area contributed by atoms with E-state index in [2.05, 4.69) is 33.6 Å². The molecule has 1 unspecified atom stereocenters. The Morgan fingerprint density at radius 1 is 1.23 bits per heavy atom. The van der Waals surface area contributed by atoms with Crippen molar-refractivity contribution in [2.75, 3.05) is 6.54 Å². The fraction of sp³-hybridized carbons (Fsp3) is 0.458. The Morgan fingerprint density at radius 2 is 2.03 bits per heavy atom.